The summed E-state index contributed by atoms with van der Waals surface area (Å²) in [5.74, 6) is 1.09. The minimum absolute atomic E-state index is 0.101. The van der Waals surface area contributed by atoms with E-state index in [1.807, 2.05) is 23.1 Å². The summed E-state index contributed by atoms with van der Waals surface area (Å²) in [5, 5.41) is 3.55. The van der Waals surface area contributed by atoms with E-state index in [9.17, 15) is 9.59 Å². The average molecular weight is 494 g/mol. The van der Waals surface area contributed by atoms with E-state index in [0.29, 0.717) is 47.2 Å². The zero-order chi connectivity index (χ0) is 24.8. The number of halogens is 1. The summed E-state index contributed by atoms with van der Waals surface area (Å²) < 4.78 is 10.6. The molecule has 0 spiro atoms. The predicted molar refractivity (Wildman–Crippen MR) is 137 cm³/mol. The Hall–Kier alpha value is -3.55. The lowest BCUT2D eigenvalue weighted by Crippen LogP contribution is -2.48. The number of hydrogen-bond acceptors (Lipinski definition) is 5. The summed E-state index contributed by atoms with van der Waals surface area (Å²) in [6, 6.07) is 19.5. The first kappa shape index (κ1) is 24.6. The minimum atomic E-state index is -0.284. The number of carbonyl (C=O) groups excluding carboxylic acids is 2. The van der Waals surface area contributed by atoms with Crippen LogP contribution in [0.4, 0.5) is 5.69 Å². The van der Waals surface area contributed by atoms with Crippen LogP contribution in [0.1, 0.15) is 26.3 Å². The second-order valence-electron chi connectivity index (χ2n) is 8.25. The Bertz CT molecular complexity index is 1190. The van der Waals surface area contributed by atoms with Gasteiger partial charge in [0.05, 0.1) is 25.5 Å². The van der Waals surface area contributed by atoms with Crippen LogP contribution in [0.25, 0.3) is 0 Å². The maximum atomic E-state index is 13.3. The van der Waals surface area contributed by atoms with Gasteiger partial charge in [0.1, 0.15) is 11.5 Å². The number of amides is 2. The van der Waals surface area contributed by atoms with Gasteiger partial charge in [-0.1, -0.05) is 23.7 Å². The fraction of sp³-hybridized carbons (Fsp3) is 0.259. The van der Waals surface area contributed by atoms with Gasteiger partial charge in [-0.2, -0.15) is 0 Å². The number of benzene rings is 3. The van der Waals surface area contributed by atoms with Crippen molar-refractivity contribution in [2.75, 3.05) is 45.7 Å². The van der Waals surface area contributed by atoms with Gasteiger partial charge < -0.3 is 19.7 Å². The van der Waals surface area contributed by atoms with E-state index in [-0.39, 0.29) is 11.8 Å². The Morgan fingerprint density at radius 3 is 2.31 bits per heavy atom. The predicted octanol–water partition coefficient (Wildman–Crippen LogP) is 4.57. The number of nitrogens with one attached hydrogen (secondary N) is 1. The van der Waals surface area contributed by atoms with Gasteiger partial charge in [0.25, 0.3) is 11.8 Å². The van der Waals surface area contributed by atoms with Crippen LogP contribution in [0.3, 0.4) is 0 Å². The first-order valence-corrected chi connectivity index (χ1v) is 11.7. The van der Waals surface area contributed by atoms with E-state index in [1.165, 1.54) is 0 Å². The van der Waals surface area contributed by atoms with Gasteiger partial charge in [-0.05, 0) is 54.6 Å². The van der Waals surface area contributed by atoms with Crippen molar-refractivity contribution in [1.82, 2.24) is 9.80 Å². The summed E-state index contributed by atoms with van der Waals surface area (Å²) >= 11 is 6.17. The van der Waals surface area contributed by atoms with E-state index < -0.39 is 0 Å². The van der Waals surface area contributed by atoms with Crippen LogP contribution in [0, 0.1) is 0 Å². The van der Waals surface area contributed by atoms with Crippen molar-refractivity contribution in [2.45, 2.75) is 6.54 Å². The molecule has 2 amide bonds. The summed E-state index contributed by atoms with van der Waals surface area (Å²) in [5.41, 5.74) is 2.47. The molecule has 3 aromatic rings. The molecule has 0 aliphatic carbocycles. The van der Waals surface area contributed by atoms with Gasteiger partial charge in [-0.15, -0.1) is 0 Å². The number of hydrogen-bond donors (Lipinski definition) is 1. The first-order valence-electron chi connectivity index (χ1n) is 11.4. The first-order chi connectivity index (χ1) is 17.0. The summed E-state index contributed by atoms with van der Waals surface area (Å²) in [6.07, 6.45) is 0. The molecule has 1 saturated heterocycles. The molecule has 182 valence electrons. The highest BCUT2D eigenvalue weighted by Gasteiger charge is 2.25. The van der Waals surface area contributed by atoms with Gasteiger partial charge in [0.2, 0.25) is 0 Å². The van der Waals surface area contributed by atoms with Crippen molar-refractivity contribution in [3.63, 3.8) is 0 Å². The van der Waals surface area contributed by atoms with Gasteiger partial charge in [0.15, 0.2) is 0 Å². The Balaban J connectivity index is 1.40. The maximum Gasteiger partial charge on any atom is 0.256 e. The second-order valence-corrected chi connectivity index (χ2v) is 8.69. The van der Waals surface area contributed by atoms with Crippen molar-refractivity contribution < 1.29 is 19.1 Å². The molecule has 35 heavy (non-hydrogen) atoms. The molecule has 4 rings (SSSR count). The molecule has 0 bridgehead atoms. The third-order valence-electron chi connectivity index (χ3n) is 6.05. The molecule has 0 aromatic heterocycles. The zero-order valence-corrected chi connectivity index (χ0v) is 20.5. The van der Waals surface area contributed by atoms with Crippen LogP contribution < -0.4 is 14.8 Å². The highest BCUT2D eigenvalue weighted by atomic mass is 35.5. The zero-order valence-electron chi connectivity index (χ0n) is 19.8. The number of piperazine rings is 1. The Kier molecular flexibility index (Phi) is 7.90. The van der Waals surface area contributed by atoms with Gasteiger partial charge in [-0.25, -0.2) is 0 Å². The fourth-order valence-electron chi connectivity index (χ4n) is 4.11. The number of ether oxygens (including phenoxy) is 2. The number of methoxy groups -OCH3 is 2. The Labute approximate surface area is 210 Å². The van der Waals surface area contributed by atoms with Crippen molar-refractivity contribution in [3.8, 4) is 11.5 Å². The van der Waals surface area contributed by atoms with Crippen molar-refractivity contribution >= 4 is 29.1 Å². The lowest BCUT2D eigenvalue weighted by molar-refractivity contribution is 0.0628. The standard InChI is InChI=1S/C27H28ClN3O4/c1-34-22-10-7-19(8-11-22)26(32)29-24-6-4-3-5-23(24)27(33)31-15-13-30(14-16-31)18-20-17-21(28)9-12-25(20)35-2/h3-12,17H,13-16,18H2,1-2H3,(H,29,32). The molecule has 7 nitrogen and oxygen atoms in total. The van der Waals surface area contributed by atoms with Gasteiger partial charge in [-0.3, -0.25) is 14.5 Å². The highest BCUT2D eigenvalue weighted by molar-refractivity contribution is 6.30. The minimum Gasteiger partial charge on any atom is -0.497 e. The van der Waals surface area contributed by atoms with Crippen LogP contribution in [-0.2, 0) is 6.54 Å². The lowest BCUT2D eigenvalue weighted by atomic mass is 10.1. The van der Waals surface area contributed by atoms with Crippen LogP contribution >= 0.6 is 11.6 Å². The number of carbonyl (C=O) groups is 2. The highest BCUT2D eigenvalue weighted by Crippen LogP contribution is 2.25. The number of para-hydroxylation sites is 1. The topological polar surface area (TPSA) is 71.1 Å². The van der Waals surface area contributed by atoms with E-state index in [4.69, 9.17) is 21.1 Å². The largest absolute Gasteiger partial charge is 0.497 e. The third kappa shape index (κ3) is 5.93. The van der Waals surface area contributed by atoms with Crippen molar-refractivity contribution in [2.24, 2.45) is 0 Å². The van der Waals surface area contributed by atoms with Crippen LogP contribution in [-0.4, -0.2) is 62.0 Å². The third-order valence-corrected chi connectivity index (χ3v) is 6.29. The van der Waals surface area contributed by atoms with Crippen LogP contribution in [0.15, 0.2) is 66.7 Å². The molecule has 0 saturated carbocycles. The molecule has 0 atom stereocenters. The molecular formula is C27H28ClN3O4. The number of anilines is 1. The van der Waals surface area contributed by atoms with E-state index in [0.717, 1.165) is 24.4 Å². The molecule has 1 N–H and O–H groups in total. The molecule has 0 unspecified atom stereocenters. The summed E-state index contributed by atoms with van der Waals surface area (Å²) in [4.78, 5) is 30.2. The second kappa shape index (κ2) is 11.3. The summed E-state index contributed by atoms with van der Waals surface area (Å²) in [7, 11) is 3.22. The molecule has 1 aliphatic rings. The van der Waals surface area contributed by atoms with Crippen molar-refractivity contribution in [1.29, 1.82) is 0 Å². The molecule has 0 radical (unpaired) electrons. The fourth-order valence-corrected chi connectivity index (χ4v) is 4.30. The monoisotopic (exact) mass is 493 g/mol. The lowest BCUT2D eigenvalue weighted by Gasteiger charge is -2.35. The quantitative estimate of drug-likeness (QED) is 0.522. The SMILES string of the molecule is COc1ccc(C(=O)Nc2ccccc2C(=O)N2CCN(Cc3cc(Cl)ccc3OC)CC2)cc1. The maximum absolute atomic E-state index is 13.3. The summed E-state index contributed by atoms with van der Waals surface area (Å²) in [6.45, 7) is 3.31. The van der Waals surface area contributed by atoms with Crippen LogP contribution in [0.2, 0.25) is 5.02 Å². The van der Waals surface area contributed by atoms with E-state index >= 15 is 0 Å². The van der Waals surface area contributed by atoms with Crippen molar-refractivity contribution in [3.05, 3.63) is 88.4 Å². The Morgan fingerprint density at radius 2 is 1.63 bits per heavy atom. The number of nitrogens with zero attached hydrogens (tertiary/aromatic N) is 2. The van der Waals surface area contributed by atoms with E-state index in [1.54, 1.807) is 62.8 Å². The molecule has 1 fully saturated rings. The molecular weight excluding hydrogens is 466 g/mol. The molecule has 1 heterocycles. The number of rotatable bonds is 7. The van der Waals surface area contributed by atoms with Crippen LogP contribution in [0.5, 0.6) is 11.5 Å². The molecule has 3 aromatic carbocycles. The van der Waals surface area contributed by atoms with E-state index in [2.05, 4.69) is 10.2 Å². The molecule has 1 aliphatic heterocycles. The smallest absolute Gasteiger partial charge is 0.256 e. The normalized spacial score (nSPS) is 13.9. The van der Waals surface area contributed by atoms with Gasteiger partial charge >= 0.3 is 0 Å². The molecule has 8 heteroatoms. The Morgan fingerprint density at radius 1 is 0.914 bits per heavy atom. The average Bonchev–Trinajstić information content (AvgIpc) is 2.89. The van der Waals surface area contributed by atoms with Gasteiger partial charge in [0, 0.05) is 48.9 Å².